The zero-order valence-corrected chi connectivity index (χ0v) is 13.5. The Labute approximate surface area is 129 Å². The van der Waals surface area contributed by atoms with E-state index in [1.54, 1.807) is 11.3 Å². The molecule has 2 fully saturated rings. The molecular weight excluding hydrogens is 284 g/mol. The molecule has 2 unspecified atom stereocenters. The summed E-state index contributed by atoms with van der Waals surface area (Å²) in [5.41, 5.74) is 1.23. The number of nitrogens with one attached hydrogen (secondary N) is 1. The first kappa shape index (κ1) is 14.6. The van der Waals surface area contributed by atoms with Crippen molar-refractivity contribution in [2.24, 2.45) is 5.92 Å². The van der Waals surface area contributed by atoms with Crippen molar-refractivity contribution in [3.8, 4) is 0 Å². The van der Waals surface area contributed by atoms with Gasteiger partial charge in [-0.25, -0.2) is 0 Å². The molecule has 2 saturated heterocycles. The van der Waals surface area contributed by atoms with Crippen LogP contribution < -0.4 is 5.32 Å². The highest BCUT2D eigenvalue weighted by Gasteiger charge is 2.35. The van der Waals surface area contributed by atoms with Crippen LogP contribution >= 0.6 is 11.3 Å². The van der Waals surface area contributed by atoms with Crippen LogP contribution in [0.2, 0.25) is 0 Å². The molecule has 2 atom stereocenters. The minimum Gasteiger partial charge on any atom is -0.353 e. The second-order valence-electron chi connectivity index (χ2n) is 6.08. The van der Waals surface area contributed by atoms with Crippen molar-refractivity contribution in [3.63, 3.8) is 0 Å². The molecule has 0 aromatic carbocycles. The first-order valence-corrected chi connectivity index (χ1v) is 8.58. The van der Waals surface area contributed by atoms with Gasteiger partial charge in [0.1, 0.15) is 0 Å². The van der Waals surface area contributed by atoms with E-state index in [0.29, 0.717) is 12.3 Å². The average molecular weight is 306 g/mol. The van der Waals surface area contributed by atoms with Crippen LogP contribution in [0.25, 0.3) is 0 Å². The summed E-state index contributed by atoms with van der Waals surface area (Å²) in [6.07, 6.45) is 3.37. The van der Waals surface area contributed by atoms with Crippen LogP contribution in [-0.2, 0) is 11.2 Å². The Morgan fingerprint density at radius 2 is 2.29 bits per heavy atom. The van der Waals surface area contributed by atoms with Crippen molar-refractivity contribution in [3.05, 3.63) is 21.4 Å². The third-order valence-electron chi connectivity index (χ3n) is 4.66. The summed E-state index contributed by atoms with van der Waals surface area (Å²) in [7, 11) is 0. The topological polar surface area (TPSA) is 49.4 Å². The van der Waals surface area contributed by atoms with Crippen LogP contribution in [0.15, 0.2) is 6.07 Å². The lowest BCUT2D eigenvalue weighted by molar-refractivity contribution is -0.125. The molecule has 0 bridgehead atoms. The summed E-state index contributed by atoms with van der Waals surface area (Å²) < 4.78 is 0. The van der Waals surface area contributed by atoms with Crippen LogP contribution in [0.4, 0.5) is 0 Å². The first-order valence-electron chi connectivity index (χ1n) is 7.76. The highest BCUT2D eigenvalue weighted by molar-refractivity contribution is 7.14. The van der Waals surface area contributed by atoms with Gasteiger partial charge in [0.2, 0.25) is 5.91 Å². The van der Waals surface area contributed by atoms with Gasteiger partial charge in [-0.05, 0) is 43.7 Å². The van der Waals surface area contributed by atoms with Crippen LogP contribution in [0.1, 0.15) is 46.3 Å². The summed E-state index contributed by atoms with van der Waals surface area (Å²) in [5.74, 6) is 0.753. The van der Waals surface area contributed by atoms with Gasteiger partial charge in [0, 0.05) is 30.4 Å². The SMILES string of the molecule is CCc1sc(C(=O)N2CCC3NC(=O)CCC3C2)cc1C. The fourth-order valence-electron chi connectivity index (χ4n) is 3.43. The van der Waals surface area contributed by atoms with Crippen molar-refractivity contribution in [1.29, 1.82) is 0 Å². The molecule has 0 spiro atoms. The Morgan fingerprint density at radius 1 is 1.48 bits per heavy atom. The Kier molecular flexibility index (Phi) is 4.02. The van der Waals surface area contributed by atoms with Gasteiger partial charge >= 0.3 is 0 Å². The molecule has 4 nitrogen and oxygen atoms in total. The van der Waals surface area contributed by atoms with Crippen LogP contribution in [-0.4, -0.2) is 35.8 Å². The standard InChI is InChI=1S/C16H22N2O2S/c1-3-13-10(2)8-14(21-13)16(20)18-7-6-12-11(9-18)4-5-15(19)17-12/h8,11-12H,3-7,9H2,1-2H3,(H,17,19). The molecule has 5 heteroatoms. The number of hydrogen-bond acceptors (Lipinski definition) is 3. The Bertz CT molecular complexity index is 567. The second-order valence-corrected chi connectivity index (χ2v) is 7.22. The number of aryl methyl sites for hydroxylation is 2. The molecule has 3 heterocycles. The van der Waals surface area contributed by atoms with Gasteiger partial charge in [0.05, 0.1) is 4.88 Å². The fraction of sp³-hybridized carbons (Fsp3) is 0.625. The zero-order chi connectivity index (χ0) is 15.0. The number of thiophene rings is 1. The van der Waals surface area contributed by atoms with Gasteiger partial charge in [-0.1, -0.05) is 6.92 Å². The van der Waals surface area contributed by atoms with Gasteiger partial charge in [-0.15, -0.1) is 11.3 Å². The minimum absolute atomic E-state index is 0.164. The number of rotatable bonds is 2. The van der Waals surface area contributed by atoms with Gasteiger partial charge in [-0.2, -0.15) is 0 Å². The van der Waals surface area contributed by atoms with E-state index in [4.69, 9.17) is 0 Å². The molecule has 21 heavy (non-hydrogen) atoms. The lowest BCUT2D eigenvalue weighted by Crippen LogP contribution is -2.55. The third kappa shape index (κ3) is 2.84. The molecule has 3 rings (SSSR count). The Hall–Kier alpha value is -1.36. The molecule has 2 amide bonds. The van der Waals surface area contributed by atoms with Crippen molar-refractivity contribution < 1.29 is 9.59 Å². The van der Waals surface area contributed by atoms with Crippen molar-refractivity contribution in [2.75, 3.05) is 13.1 Å². The van der Waals surface area contributed by atoms with Crippen LogP contribution in [0, 0.1) is 12.8 Å². The molecule has 0 radical (unpaired) electrons. The molecule has 1 aromatic rings. The third-order valence-corrected chi connectivity index (χ3v) is 6.03. The highest BCUT2D eigenvalue weighted by Crippen LogP contribution is 2.29. The second kappa shape index (κ2) is 5.79. The summed E-state index contributed by atoms with van der Waals surface area (Å²) in [5, 5.41) is 3.07. The van der Waals surface area contributed by atoms with Gasteiger partial charge in [-0.3, -0.25) is 9.59 Å². The monoisotopic (exact) mass is 306 g/mol. The van der Waals surface area contributed by atoms with E-state index in [1.165, 1.54) is 10.4 Å². The largest absolute Gasteiger partial charge is 0.353 e. The van der Waals surface area contributed by atoms with Crippen LogP contribution in [0.3, 0.4) is 0 Å². The lowest BCUT2D eigenvalue weighted by Gasteiger charge is -2.41. The first-order chi connectivity index (χ1) is 10.1. The summed E-state index contributed by atoms with van der Waals surface area (Å²) in [6, 6.07) is 2.30. The van der Waals surface area contributed by atoms with Gasteiger partial charge < -0.3 is 10.2 Å². The fourth-order valence-corrected chi connectivity index (χ4v) is 4.51. The van der Waals surface area contributed by atoms with E-state index >= 15 is 0 Å². The van der Waals surface area contributed by atoms with Crippen LogP contribution in [0.5, 0.6) is 0 Å². The van der Waals surface area contributed by atoms with Crippen molar-refractivity contribution in [2.45, 2.75) is 45.6 Å². The lowest BCUT2D eigenvalue weighted by atomic mass is 9.85. The molecule has 2 aliphatic heterocycles. The average Bonchev–Trinajstić information content (AvgIpc) is 2.87. The quantitative estimate of drug-likeness (QED) is 0.912. The molecule has 1 aromatic heterocycles. The molecular formula is C16H22N2O2S. The van der Waals surface area contributed by atoms with E-state index in [-0.39, 0.29) is 17.9 Å². The minimum atomic E-state index is 0.164. The van der Waals surface area contributed by atoms with E-state index < -0.39 is 0 Å². The number of amides is 2. The maximum Gasteiger partial charge on any atom is 0.263 e. The summed E-state index contributed by atoms with van der Waals surface area (Å²) in [6.45, 7) is 5.74. The molecule has 2 aliphatic rings. The van der Waals surface area contributed by atoms with Gasteiger partial charge in [0.15, 0.2) is 0 Å². The number of fused-ring (bicyclic) bond motifs is 1. The van der Waals surface area contributed by atoms with Crippen molar-refractivity contribution >= 4 is 23.2 Å². The van der Waals surface area contributed by atoms with E-state index in [9.17, 15) is 9.59 Å². The maximum absolute atomic E-state index is 12.7. The number of likely N-dealkylation sites (tertiary alicyclic amines) is 1. The van der Waals surface area contributed by atoms with E-state index in [1.807, 2.05) is 11.0 Å². The number of nitrogens with zero attached hydrogens (tertiary/aromatic N) is 1. The normalized spacial score (nSPS) is 25.4. The number of carbonyl (C=O) groups excluding carboxylic acids is 2. The predicted octanol–water partition coefficient (Wildman–Crippen LogP) is 2.36. The molecule has 0 aliphatic carbocycles. The zero-order valence-electron chi connectivity index (χ0n) is 12.6. The number of hydrogen-bond donors (Lipinski definition) is 1. The summed E-state index contributed by atoms with van der Waals surface area (Å²) >= 11 is 1.63. The number of piperidine rings is 2. The summed E-state index contributed by atoms with van der Waals surface area (Å²) in [4.78, 5) is 28.3. The Balaban J connectivity index is 1.70. The molecule has 0 saturated carbocycles. The van der Waals surface area contributed by atoms with Crippen molar-refractivity contribution in [1.82, 2.24) is 10.2 Å². The predicted molar refractivity (Wildman–Crippen MR) is 83.6 cm³/mol. The van der Waals surface area contributed by atoms with Gasteiger partial charge in [0.25, 0.3) is 5.91 Å². The maximum atomic E-state index is 12.7. The number of carbonyl (C=O) groups is 2. The molecule has 114 valence electrons. The Morgan fingerprint density at radius 3 is 3.00 bits per heavy atom. The van der Waals surface area contributed by atoms with E-state index in [0.717, 1.165) is 37.2 Å². The van der Waals surface area contributed by atoms with E-state index in [2.05, 4.69) is 19.2 Å². The smallest absolute Gasteiger partial charge is 0.263 e. The molecule has 1 N–H and O–H groups in total. The highest BCUT2D eigenvalue weighted by atomic mass is 32.1.